The average molecular weight is 363 g/mol. The summed E-state index contributed by atoms with van der Waals surface area (Å²) in [5.41, 5.74) is 2.19. The van der Waals surface area contributed by atoms with Crippen LogP contribution >= 0.6 is 0 Å². The van der Waals surface area contributed by atoms with Gasteiger partial charge in [-0.2, -0.15) is 0 Å². The van der Waals surface area contributed by atoms with E-state index in [1.165, 1.54) is 0 Å². The van der Waals surface area contributed by atoms with Crippen molar-refractivity contribution in [2.75, 3.05) is 26.3 Å². The Hall–Kier alpha value is -2.89. The lowest BCUT2D eigenvalue weighted by Crippen LogP contribution is -2.35. The lowest BCUT2D eigenvalue weighted by molar-refractivity contribution is 0.0336. The molecule has 2 heterocycles. The van der Waals surface area contributed by atoms with Gasteiger partial charge < -0.3 is 14.6 Å². The van der Waals surface area contributed by atoms with Gasteiger partial charge in [0.15, 0.2) is 5.76 Å². The number of carbonyl (C=O) groups is 1. The van der Waals surface area contributed by atoms with Crippen molar-refractivity contribution in [2.24, 2.45) is 0 Å². The fraction of sp³-hybridized carbons (Fsp3) is 0.227. The summed E-state index contributed by atoms with van der Waals surface area (Å²) in [7, 11) is 0. The Morgan fingerprint density at radius 1 is 1.07 bits per heavy atom. The third kappa shape index (κ3) is 3.79. The van der Waals surface area contributed by atoms with Gasteiger partial charge in [-0.3, -0.25) is 9.69 Å². The van der Waals surface area contributed by atoms with Gasteiger partial charge in [0.05, 0.1) is 24.3 Å². The van der Waals surface area contributed by atoms with E-state index in [2.05, 4.69) is 4.90 Å². The summed E-state index contributed by atoms with van der Waals surface area (Å²) in [5, 5.41) is 10.3. The van der Waals surface area contributed by atoms with Crippen LogP contribution in [0.25, 0.3) is 6.08 Å². The molecule has 5 heteroatoms. The fourth-order valence-electron chi connectivity index (χ4n) is 3.26. The summed E-state index contributed by atoms with van der Waals surface area (Å²) in [6, 6.07) is 13.0. The van der Waals surface area contributed by atoms with Crippen LogP contribution in [0.1, 0.15) is 21.5 Å². The number of fused-ring (bicyclic) bond motifs is 1. The molecule has 0 bridgehead atoms. The number of phenolic OH excluding ortho intramolecular Hbond substituents is 1. The SMILES string of the molecule is O=C1C(=CC=Cc2ccccc2)Oc2c1ccc(O)c2CN1CCOCC1. The maximum atomic E-state index is 12.7. The second-order valence-electron chi connectivity index (χ2n) is 6.56. The number of ketones is 1. The summed E-state index contributed by atoms with van der Waals surface area (Å²) in [6.45, 7) is 3.45. The van der Waals surface area contributed by atoms with E-state index in [0.717, 1.165) is 18.7 Å². The van der Waals surface area contributed by atoms with E-state index in [4.69, 9.17) is 9.47 Å². The smallest absolute Gasteiger partial charge is 0.231 e. The molecule has 0 aliphatic carbocycles. The minimum atomic E-state index is -0.161. The second kappa shape index (κ2) is 7.78. The van der Waals surface area contributed by atoms with Crippen molar-refractivity contribution in [1.29, 1.82) is 0 Å². The number of phenols is 1. The molecule has 0 unspecified atom stereocenters. The highest BCUT2D eigenvalue weighted by Crippen LogP contribution is 2.39. The molecule has 27 heavy (non-hydrogen) atoms. The molecule has 4 rings (SSSR count). The standard InChI is InChI=1S/C22H21NO4/c24-19-10-9-17-21(25)20(8-4-7-16-5-2-1-3-6-16)27-22(17)18(19)15-23-11-13-26-14-12-23/h1-10,24H,11-15H2. The Balaban J connectivity index is 1.56. The molecular formula is C22H21NO4. The predicted molar refractivity (Wildman–Crippen MR) is 103 cm³/mol. The normalized spacial score (nSPS) is 18.8. The van der Waals surface area contributed by atoms with Crippen molar-refractivity contribution in [2.45, 2.75) is 6.54 Å². The number of ether oxygens (including phenoxy) is 2. The van der Waals surface area contributed by atoms with E-state index in [1.807, 2.05) is 36.4 Å². The Kier molecular flexibility index (Phi) is 5.05. The highest BCUT2D eigenvalue weighted by Gasteiger charge is 2.31. The van der Waals surface area contributed by atoms with Gasteiger partial charge in [-0.25, -0.2) is 0 Å². The molecule has 1 fully saturated rings. The summed E-state index contributed by atoms with van der Waals surface area (Å²) in [4.78, 5) is 14.8. The predicted octanol–water partition coefficient (Wildman–Crippen LogP) is 3.40. The fourth-order valence-corrected chi connectivity index (χ4v) is 3.26. The Morgan fingerprint density at radius 3 is 2.63 bits per heavy atom. The number of benzene rings is 2. The largest absolute Gasteiger partial charge is 0.507 e. The maximum absolute atomic E-state index is 12.7. The third-order valence-corrected chi connectivity index (χ3v) is 4.74. The van der Waals surface area contributed by atoms with Crippen LogP contribution in [0.4, 0.5) is 0 Å². The van der Waals surface area contributed by atoms with E-state index in [9.17, 15) is 9.90 Å². The van der Waals surface area contributed by atoms with Crippen LogP contribution in [0.2, 0.25) is 0 Å². The number of carbonyl (C=O) groups excluding carboxylic acids is 1. The van der Waals surface area contributed by atoms with Gasteiger partial charge in [0.25, 0.3) is 0 Å². The van der Waals surface area contributed by atoms with Crippen molar-refractivity contribution < 1.29 is 19.4 Å². The first-order valence-corrected chi connectivity index (χ1v) is 9.03. The summed E-state index contributed by atoms with van der Waals surface area (Å²) in [6.07, 6.45) is 5.39. The van der Waals surface area contributed by atoms with Crippen LogP contribution < -0.4 is 4.74 Å². The Labute approximate surface area is 158 Å². The van der Waals surface area contributed by atoms with Gasteiger partial charge in [0, 0.05) is 19.6 Å². The first-order valence-electron chi connectivity index (χ1n) is 9.03. The van der Waals surface area contributed by atoms with Crippen molar-refractivity contribution in [3.63, 3.8) is 0 Å². The maximum Gasteiger partial charge on any atom is 0.231 e. The number of nitrogens with zero attached hydrogens (tertiary/aromatic N) is 1. The Morgan fingerprint density at radius 2 is 1.85 bits per heavy atom. The lowest BCUT2D eigenvalue weighted by atomic mass is 10.0. The van der Waals surface area contributed by atoms with Crippen LogP contribution in [-0.4, -0.2) is 42.1 Å². The van der Waals surface area contributed by atoms with Crippen LogP contribution in [0.15, 0.2) is 60.4 Å². The van der Waals surface area contributed by atoms with E-state index in [0.29, 0.717) is 36.6 Å². The molecule has 0 aromatic heterocycles. The quantitative estimate of drug-likeness (QED) is 0.844. The molecule has 1 N–H and O–H groups in total. The molecule has 0 spiro atoms. The van der Waals surface area contributed by atoms with Crippen LogP contribution in [-0.2, 0) is 11.3 Å². The zero-order valence-electron chi connectivity index (χ0n) is 14.9. The number of Topliss-reactive ketones (excluding diaryl/α,β-unsaturated/α-hetero) is 1. The van der Waals surface area contributed by atoms with Gasteiger partial charge in [-0.1, -0.05) is 42.5 Å². The summed E-state index contributed by atoms with van der Waals surface area (Å²) >= 11 is 0. The zero-order valence-corrected chi connectivity index (χ0v) is 14.9. The average Bonchev–Trinajstić information content (AvgIpc) is 3.02. The van der Waals surface area contributed by atoms with Gasteiger partial charge in [-0.15, -0.1) is 0 Å². The van der Waals surface area contributed by atoms with E-state index < -0.39 is 0 Å². The summed E-state index contributed by atoms with van der Waals surface area (Å²) < 4.78 is 11.2. The molecule has 1 saturated heterocycles. The highest BCUT2D eigenvalue weighted by molar-refractivity contribution is 6.12. The van der Waals surface area contributed by atoms with E-state index >= 15 is 0 Å². The molecule has 0 saturated carbocycles. The van der Waals surface area contributed by atoms with Gasteiger partial charge in [0.1, 0.15) is 11.5 Å². The van der Waals surface area contributed by atoms with Crippen molar-refractivity contribution in [3.8, 4) is 11.5 Å². The first-order chi connectivity index (χ1) is 13.2. The molecule has 138 valence electrons. The monoisotopic (exact) mass is 363 g/mol. The topological polar surface area (TPSA) is 59.0 Å². The molecule has 0 amide bonds. The molecule has 5 nitrogen and oxygen atoms in total. The third-order valence-electron chi connectivity index (χ3n) is 4.74. The minimum absolute atomic E-state index is 0.147. The molecule has 2 aromatic rings. The number of hydrogen-bond acceptors (Lipinski definition) is 5. The molecule has 2 aromatic carbocycles. The number of hydrogen-bond donors (Lipinski definition) is 1. The van der Waals surface area contributed by atoms with Gasteiger partial charge in [0.2, 0.25) is 5.78 Å². The summed E-state index contributed by atoms with van der Waals surface area (Å²) in [5.74, 6) is 0.719. The lowest BCUT2D eigenvalue weighted by Gasteiger charge is -2.27. The van der Waals surface area contributed by atoms with Crippen LogP contribution in [0, 0.1) is 0 Å². The second-order valence-corrected chi connectivity index (χ2v) is 6.56. The van der Waals surface area contributed by atoms with Crippen molar-refractivity contribution in [3.05, 3.63) is 77.1 Å². The molecule has 2 aliphatic heterocycles. The molecule has 0 radical (unpaired) electrons. The van der Waals surface area contributed by atoms with Gasteiger partial charge in [-0.05, 0) is 23.8 Å². The Bertz CT molecular complexity index is 896. The zero-order chi connectivity index (χ0) is 18.6. The highest BCUT2D eigenvalue weighted by atomic mass is 16.5. The van der Waals surface area contributed by atoms with Crippen molar-refractivity contribution in [1.82, 2.24) is 4.90 Å². The molecular weight excluding hydrogens is 342 g/mol. The van der Waals surface area contributed by atoms with Gasteiger partial charge >= 0.3 is 0 Å². The van der Waals surface area contributed by atoms with E-state index in [1.54, 1.807) is 24.3 Å². The van der Waals surface area contributed by atoms with Crippen LogP contribution in [0.5, 0.6) is 11.5 Å². The first kappa shape index (κ1) is 17.5. The number of morpholine rings is 1. The molecule has 0 atom stereocenters. The van der Waals surface area contributed by atoms with E-state index in [-0.39, 0.29) is 17.3 Å². The number of allylic oxidation sites excluding steroid dienone is 3. The van der Waals surface area contributed by atoms with Crippen molar-refractivity contribution >= 4 is 11.9 Å². The number of rotatable bonds is 4. The van der Waals surface area contributed by atoms with Crippen LogP contribution in [0.3, 0.4) is 0 Å². The number of aromatic hydroxyl groups is 1. The molecule has 2 aliphatic rings. The minimum Gasteiger partial charge on any atom is -0.507 e.